The molecule has 170 valence electrons. The number of ether oxygens (including phenoxy) is 1. The van der Waals surface area contributed by atoms with Crippen LogP contribution in [0.15, 0.2) is 83.8 Å². The van der Waals surface area contributed by atoms with Crippen molar-refractivity contribution in [3.05, 3.63) is 105 Å². The van der Waals surface area contributed by atoms with Crippen molar-refractivity contribution in [1.29, 1.82) is 0 Å². The van der Waals surface area contributed by atoms with E-state index >= 15 is 0 Å². The second-order valence-corrected chi connectivity index (χ2v) is 8.57. The number of halogens is 2. The van der Waals surface area contributed by atoms with E-state index in [1.54, 1.807) is 6.20 Å². The lowest BCUT2D eigenvalue weighted by atomic mass is 9.97. The van der Waals surface area contributed by atoms with Gasteiger partial charge in [0.15, 0.2) is 5.65 Å². The van der Waals surface area contributed by atoms with E-state index in [1.165, 1.54) is 9.20 Å². The average molecular weight is 491 g/mol. The summed E-state index contributed by atoms with van der Waals surface area (Å²) in [6, 6.07) is 22.6. The number of benzene rings is 3. The van der Waals surface area contributed by atoms with Gasteiger partial charge in [-0.15, -0.1) is 5.10 Å². The van der Waals surface area contributed by atoms with Crippen LogP contribution in [0.1, 0.15) is 12.5 Å². The van der Waals surface area contributed by atoms with Crippen molar-refractivity contribution in [2.45, 2.75) is 13.5 Å². The molecule has 6 nitrogen and oxygen atoms in total. The summed E-state index contributed by atoms with van der Waals surface area (Å²) in [5.74, 6) is 0.785. The molecule has 0 bridgehead atoms. The summed E-state index contributed by atoms with van der Waals surface area (Å²) >= 11 is 12.2. The molecular weight excluding hydrogens is 471 g/mol. The van der Waals surface area contributed by atoms with E-state index < -0.39 is 0 Å². The van der Waals surface area contributed by atoms with Crippen LogP contribution in [0.25, 0.3) is 27.9 Å². The fourth-order valence-electron chi connectivity index (χ4n) is 3.84. The third kappa shape index (κ3) is 4.30. The van der Waals surface area contributed by atoms with Crippen molar-refractivity contribution in [3.8, 4) is 28.0 Å². The molecule has 8 heteroatoms. The van der Waals surface area contributed by atoms with Gasteiger partial charge in [-0.2, -0.15) is 9.61 Å². The zero-order valence-corrected chi connectivity index (χ0v) is 19.8. The molecule has 0 aliphatic carbocycles. The minimum atomic E-state index is -0.318. The zero-order valence-electron chi connectivity index (χ0n) is 18.3. The highest BCUT2D eigenvalue weighted by molar-refractivity contribution is 6.31. The van der Waals surface area contributed by atoms with Gasteiger partial charge in [-0.3, -0.25) is 0 Å². The van der Waals surface area contributed by atoms with Crippen LogP contribution in [0.5, 0.6) is 5.75 Å². The zero-order chi connectivity index (χ0) is 23.7. The Kier molecular flexibility index (Phi) is 6.09. The molecule has 2 aromatic heterocycles. The second kappa shape index (κ2) is 9.33. The SMILES string of the molecule is CCOc1ccc(Cn2nc3c(-c4ccc(Cl)cc4)c(-c4ccc(Cl)cc4)cnn3c2=O)cc1. The summed E-state index contributed by atoms with van der Waals surface area (Å²) in [5.41, 5.74) is 4.49. The number of fused-ring (bicyclic) bond motifs is 1. The molecule has 3 aromatic carbocycles. The maximum Gasteiger partial charge on any atom is 0.367 e. The Balaban J connectivity index is 1.66. The standard InChI is InChI=1S/C26H20Cl2N4O2/c1-2-34-22-13-3-17(4-14-22)16-31-26(33)32-25(30-31)24(19-7-11-21(28)12-8-19)23(15-29-32)18-5-9-20(27)10-6-18/h3-15H,2,16H2,1H3. The van der Waals surface area contributed by atoms with E-state index in [4.69, 9.17) is 27.9 Å². The molecule has 0 radical (unpaired) electrons. The van der Waals surface area contributed by atoms with Crippen LogP contribution in [0.2, 0.25) is 10.0 Å². The second-order valence-electron chi connectivity index (χ2n) is 7.70. The smallest absolute Gasteiger partial charge is 0.367 e. The molecule has 0 aliphatic heterocycles. The summed E-state index contributed by atoms with van der Waals surface area (Å²) in [6.45, 7) is 2.85. The Morgan fingerprint density at radius 3 is 2.09 bits per heavy atom. The summed E-state index contributed by atoms with van der Waals surface area (Å²) < 4.78 is 8.25. The quantitative estimate of drug-likeness (QED) is 0.293. The van der Waals surface area contributed by atoms with Crippen LogP contribution >= 0.6 is 23.2 Å². The Morgan fingerprint density at radius 2 is 1.47 bits per heavy atom. The summed E-state index contributed by atoms with van der Waals surface area (Å²) in [6.07, 6.45) is 1.68. The monoisotopic (exact) mass is 490 g/mol. The van der Waals surface area contributed by atoms with E-state index in [0.717, 1.165) is 33.6 Å². The van der Waals surface area contributed by atoms with E-state index in [2.05, 4.69) is 10.2 Å². The molecule has 5 aromatic rings. The molecule has 5 rings (SSSR count). The van der Waals surface area contributed by atoms with Crippen LogP contribution in [-0.4, -0.2) is 26.0 Å². The molecular formula is C26H20Cl2N4O2. The maximum atomic E-state index is 13.2. The van der Waals surface area contributed by atoms with Crippen molar-refractivity contribution < 1.29 is 4.74 Å². The van der Waals surface area contributed by atoms with Gasteiger partial charge in [0.25, 0.3) is 0 Å². The van der Waals surface area contributed by atoms with E-state index in [-0.39, 0.29) is 5.69 Å². The molecule has 0 fully saturated rings. The highest BCUT2D eigenvalue weighted by atomic mass is 35.5. The minimum absolute atomic E-state index is 0.310. The third-order valence-corrected chi connectivity index (χ3v) is 5.97. The molecule has 0 spiro atoms. The topological polar surface area (TPSA) is 61.4 Å². The number of nitrogens with zero attached hydrogens (tertiary/aromatic N) is 4. The molecule has 0 atom stereocenters. The Morgan fingerprint density at radius 1 is 0.853 bits per heavy atom. The lowest BCUT2D eigenvalue weighted by Crippen LogP contribution is -2.22. The van der Waals surface area contributed by atoms with Crippen molar-refractivity contribution in [2.24, 2.45) is 0 Å². The minimum Gasteiger partial charge on any atom is -0.494 e. The lowest BCUT2D eigenvalue weighted by molar-refractivity contribution is 0.340. The van der Waals surface area contributed by atoms with Crippen LogP contribution < -0.4 is 10.4 Å². The van der Waals surface area contributed by atoms with Gasteiger partial charge < -0.3 is 4.74 Å². The Bertz CT molecular complexity index is 1510. The predicted octanol–water partition coefficient (Wildman–Crippen LogP) is 5.98. The fourth-order valence-corrected chi connectivity index (χ4v) is 4.09. The van der Waals surface area contributed by atoms with E-state index in [9.17, 15) is 4.79 Å². The molecule has 0 N–H and O–H groups in total. The van der Waals surface area contributed by atoms with Gasteiger partial charge in [-0.05, 0) is 60.0 Å². The van der Waals surface area contributed by atoms with Crippen LogP contribution in [0.4, 0.5) is 0 Å². The molecule has 0 unspecified atom stereocenters. The van der Waals surface area contributed by atoms with E-state index in [1.807, 2.05) is 79.7 Å². The highest BCUT2D eigenvalue weighted by Crippen LogP contribution is 2.35. The highest BCUT2D eigenvalue weighted by Gasteiger charge is 2.19. The van der Waals surface area contributed by atoms with Gasteiger partial charge in [0, 0.05) is 21.2 Å². The van der Waals surface area contributed by atoms with Crippen molar-refractivity contribution >= 4 is 28.8 Å². The predicted molar refractivity (Wildman–Crippen MR) is 135 cm³/mol. The first kappa shape index (κ1) is 22.2. The molecule has 0 aliphatic rings. The van der Waals surface area contributed by atoms with Gasteiger partial charge in [0.1, 0.15) is 5.75 Å². The first-order valence-electron chi connectivity index (χ1n) is 10.8. The van der Waals surface area contributed by atoms with Gasteiger partial charge in [-0.1, -0.05) is 59.6 Å². The largest absolute Gasteiger partial charge is 0.494 e. The van der Waals surface area contributed by atoms with Crippen LogP contribution in [0, 0.1) is 0 Å². The molecule has 0 saturated carbocycles. The molecule has 2 heterocycles. The van der Waals surface area contributed by atoms with E-state index in [0.29, 0.717) is 28.8 Å². The molecule has 0 amide bonds. The van der Waals surface area contributed by atoms with Gasteiger partial charge in [0.05, 0.1) is 19.3 Å². The van der Waals surface area contributed by atoms with Gasteiger partial charge in [-0.25, -0.2) is 9.48 Å². The van der Waals surface area contributed by atoms with Gasteiger partial charge >= 0.3 is 5.69 Å². The number of hydrogen-bond acceptors (Lipinski definition) is 4. The molecule has 0 saturated heterocycles. The molecule has 34 heavy (non-hydrogen) atoms. The maximum absolute atomic E-state index is 13.2. The van der Waals surface area contributed by atoms with Crippen LogP contribution in [0.3, 0.4) is 0 Å². The summed E-state index contributed by atoms with van der Waals surface area (Å²) in [7, 11) is 0. The third-order valence-electron chi connectivity index (χ3n) is 5.47. The number of aromatic nitrogens is 4. The normalized spacial score (nSPS) is 11.1. The lowest BCUT2D eigenvalue weighted by Gasteiger charge is -2.11. The van der Waals surface area contributed by atoms with Crippen molar-refractivity contribution in [2.75, 3.05) is 6.61 Å². The van der Waals surface area contributed by atoms with Crippen molar-refractivity contribution in [3.63, 3.8) is 0 Å². The number of rotatable bonds is 6. The van der Waals surface area contributed by atoms with Crippen molar-refractivity contribution in [1.82, 2.24) is 19.4 Å². The Labute approximate surface area is 206 Å². The average Bonchev–Trinajstić information content (AvgIpc) is 3.16. The van der Waals surface area contributed by atoms with Crippen LogP contribution in [-0.2, 0) is 6.54 Å². The fraction of sp³-hybridized carbons (Fsp3) is 0.115. The first-order chi connectivity index (χ1) is 16.5. The summed E-state index contributed by atoms with van der Waals surface area (Å²) in [5, 5.41) is 10.4. The number of hydrogen-bond donors (Lipinski definition) is 0. The van der Waals surface area contributed by atoms with Gasteiger partial charge in [0.2, 0.25) is 0 Å². The summed E-state index contributed by atoms with van der Waals surface area (Å²) in [4.78, 5) is 13.2. The first-order valence-corrected chi connectivity index (χ1v) is 11.5. The Hall–Kier alpha value is -3.61.